The summed E-state index contributed by atoms with van der Waals surface area (Å²) >= 11 is 0. The van der Waals surface area contributed by atoms with Crippen molar-refractivity contribution in [3.8, 4) is 5.69 Å². The molecule has 0 amide bonds. The lowest BCUT2D eigenvalue weighted by Gasteiger charge is -2.13. The molecule has 7 heteroatoms. The van der Waals surface area contributed by atoms with Gasteiger partial charge in [-0.25, -0.2) is 4.68 Å². The Morgan fingerprint density at radius 2 is 1.95 bits per heavy atom. The van der Waals surface area contributed by atoms with Gasteiger partial charge in [-0.15, -0.1) is 5.10 Å². The summed E-state index contributed by atoms with van der Waals surface area (Å²) in [6.07, 6.45) is -4.63. The number of aliphatic hydroxyl groups excluding tert-OH is 1. The van der Waals surface area contributed by atoms with Gasteiger partial charge in [0.1, 0.15) is 5.69 Å². The van der Waals surface area contributed by atoms with Gasteiger partial charge in [-0.2, -0.15) is 13.2 Å². The monoisotopic (exact) mass is 271 g/mol. The molecule has 0 aliphatic heterocycles. The van der Waals surface area contributed by atoms with E-state index in [1.165, 1.54) is 0 Å². The summed E-state index contributed by atoms with van der Waals surface area (Å²) in [4.78, 5) is 0. The maximum absolute atomic E-state index is 13.0. The minimum atomic E-state index is -4.63. The molecule has 0 spiro atoms. The van der Waals surface area contributed by atoms with Crippen molar-refractivity contribution in [1.82, 2.24) is 15.0 Å². The number of aromatic nitrogens is 3. The van der Waals surface area contributed by atoms with Crippen molar-refractivity contribution in [2.75, 3.05) is 0 Å². The van der Waals surface area contributed by atoms with Crippen LogP contribution in [-0.4, -0.2) is 20.1 Å². The Hall–Kier alpha value is -1.89. The lowest BCUT2D eigenvalue weighted by molar-refractivity contribution is -0.143. The average molecular weight is 271 g/mol. The SMILES string of the molecule is Cc1ccc(C)c(-n2nnc(CO)c2C(F)(F)F)c1. The third kappa shape index (κ3) is 2.46. The molecular formula is C12H12F3N3O. The predicted molar refractivity (Wildman–Crippen MR) is 61.8 cm³/mol. The fourth-order valence-corrected chi connectivity index (χ4v) is 1.82. The van der Waals surface area contributed by atoms with Gasteiger partial charge >= 0.3 is 6.18 Å². The van der Waals surface area contributed by atoms with E-state index < -0.39 is 24.2 Å². The number of rotatable bonds is 2. The normalized spacial score (nSPS) is 11.9. The number of nitrogens with zero attached hydrogens (tertiary/aromatic N) is 3. The first-order valence-corrected chi connectivity index (χ1v) is 5.55. The summed E-state index contributed by atoms with van der Waals surface area (Å²) < 4.78 is 39.8. The molecule has 0 bridgehead atoms. The zero-order valence-electron chi connectivity index (χ0n) is 10.4. The van der Waals surface area contributed by atoms with Crippen molar-refractivity contribution in [2.24, 2.45) is 0 Å². The molecule has 19 heavy (non-hydrogen) atoms. The molecule has 0 fully saturated rings. The molecule has 1 aromatic carbocycles. The van der Waals surface area contributed by atoms with Crippen LogP contribution in [0.5, 0.6) is 0 Å². The summed E-state index contributed by atoms with van der Waals surface area (Å²) in [5.74, 6) is 0. The number of aryl methyl sites for hydroxylation is 2. The van der Waals surface area contributed by atoms with Crippen LogP contribution in [0.25, 0.3) is 5.69 Å². The molecule has 102 valence electrons. The fraction of sp³-hybridized carbons (Fsp3) is 0.333. The molecule has 0 aliphatic rings. The van der Waals surface area contributed by atoms with E-state index >= 15 is 0 Å². The number of hydrogen-bond donors (Lipinski definition) is 1. The lowest BCUT2D eigenvalue weighted by Crippen LogP contribution is -2.16. The molecule has 0 radical (unpaired) electrons. The Morgan fingerprint density at radius 3 is 2.53 bits per heavy atom. The maximum atomic E-state index is 13.0. The van der Waals surface area contributed by atoms with Gasteiger partial charge in [0.2, 0.25) is 0 Å². The van der Waals surface area contributed by atoms with Crippen molar-refractivity contribution >= 4 is 0 Å². The Kier molecular flexibility index (Phi) is 3.32. The highest BCUT2D eigenvalue weighted by atomic mass is 19.4. The van der Waals surface area contributed by atoms with Gasteiger partial charge in [-0.1, -0.05) is 17.3 Å². The van der Waals surface area contributed by atoms with Gasteiger partial charge in [0.05, 0.1) is 12.3 Å². The molecular weight excluding hydrogens is 259 g/mol. The summed E-state index contributed by atoms with van der Waals surface area (Å²) in [5.41, 5.74) is 0.247. The average Bonchev–Trinajstić information content (AvgIpc) is 2.75. The van der Waals surface area contributed by atoms with Crippen LogP contribution < -0.4 is 0 Å². The zero-order chi connectivity index (χ0) is 14.2. The topological polar surface area (TPSA) is 50.9 Å². The molecule has 1 heterocycles. The first-order valence-electron chi connectivity index (χ1n) is 5.55. The van der Waals surface area contributed by atoms with Gasteiger partial charge < -0.3 is 5.11 Å². The van der Waals surface area contributed by atoms with Crippen LogP contribution in [0.2, 0.25) is 0 Å². The molecule has 4 nitrogen and oxygen atoms in total. The Labute approximate surface area is 107 Å². The highest BCUT2D eigenvalue weighted by Crippen LogP contribution is 2.33. The molecule has 0 saturated carbocycles. The van der Waals surface area contributed by atoms with Crippen molar-refractivity contribution in [2.45, 2.75) is 26.6 Å². The minimum absolute atomic E-state index is 0.305. The Bertz CT molecular complexity index is 605. The van der Waals surface area contributed by atoms with Gasteiger partial charge in [-0.3, -0.25) is 0 Å². The van der Waals surface area contributed by atoms with E-state index in [0.717, 1.165) is 10.2 Å². The van der Waals surface area contributed by atoms with E-state index in [2.05, 4.69) is 10.3 Å². The number of halogens is 3. The summed E-state index contributed by atoms with van der Waals surface area (Å²) in [6.45, 7) is 2.66. The number of aliphatic hydroxyl groups is 1. The molecule has 0 aliphatic carbocycles. The third-order valence-corrected chi connectivity index (χ3v) is 2.75. The van der Waals surface area contributed by atoms with E-state index in [0.29, 0.717) is 11.3 Å². The standard InChI is InChI=1S/C12H12F3N3O/c1-7-3-4-8(2)10(5-7)18-11(12(13,14)15)9(6-19)16-17-18/h3-5,19H,6H2,1-2H3. The highest BCUT2D eigenvalue weighted by Gasteiger charge is 2.39. The molecule has 0 saturated heterocycles. The second kappa shape index (κ2) is 4.65. The Morgan fingerprint density at radius 1 is 1.26 bits per heavy atom. The van der Waals surface area contributed by atoms with Crippen LogP contribution in [0.1, 0.15) is 22.5 Å². The fourth-order valence-electron chi connectivity index (χ4n) is 1.82. The predicted octanol–water partition coefficient (Wildman–Crippen LogP) is 2.40. The number of alkyl halides is 3. The molecule has 2 aromatic rings. The third-order valence-electron chi connectivity index (χ3n) is 2.75. The Balaban J connectivity index is 2.69. The first-order chi connectivity index (χ1) is 8.84. The largest absolute Gasteiger partial charge is 0.435 e. The van der Waals surface area contributed by atoms with Crippen LogP contribution in [-0.2, 0) is 12.8 Å². The van der Waals surface area contributed by atoms with Gasteiger partial charge in [0, 0.05) is 0 Å². The van der Waals surface area contributed by atoms with Crippen molar-refractivity contribution in [1.29, 1.82) is 0 Å². The van der Waals surface area contributed by atoms with E-state index in [1.807, 2.05) is 0 Å². The molecule has 0 atom stereocenters. The van der Waals surface area contributed by atoms with E-state index in [9.17, 15) is 13.2 Å². The van der Waals surface area contributed by atoms with E-state index in [4.69, 9.17) is 5.11 Å². The van der Waals surface area contributed by atoms with Gasteiger partial charge in [0.25, 0.3) is 0 Å². The summed E-state index contributed by atoms with van der Waals surface area (Å²) in [7, 11) is 0. The van der Waals surface area contributed by atoms with Gasteiger partial charge in [0.15, 0.2) is 5.69 Å². The maximum Gasteiger partial charge on any atom is 0.435 e. The summed E-state index contributed by atoms with van der Waals surface area (Å²) in [6, 6.07) is 5.11. The first kappa shape index (κ1) is 13.5. The second-order valence-corrected chi connectivity index (χ2v) is 4.24. The van der Waals surface area contributed by atoms with Crippen LogP contribution >= 0.6 is 0 Å². The van der Waals surface area contributed by atoms with Crippen molar-refractivity contribution in [3.63, 3.8) is 0 Å². The van der Waals surface area contributed by atoms with Crippen LogP contribution in [0.15, 0.2) is 18.2 Å². The van der Waals surface area contributed by atoms with Crippen molar-refractivity contribution in [3.05, 3.63) is 40.7 Å². The van der Waals surface area contributed by atoms with Crippen LogP contribution in [0, 0.1) is 13.8 Å². The van der Waals surface area contributed by atoms with Gasteiger partial charge in [-0.05, 0) is 31.0 Å². The van der Waals surface area contributed by atoms with Crippen LogP contribution in [0.4, 0.5) is 13.2 Å². The molecule has 1 aromatic heterocycles. The smallest absolute Gasteiger partial charge is 0.390 e. The van der Waals surface area contributed by atoms with E-state index in [1.54, 1.807) is 32.0 Å². The number of hydrogen-bond acceptors (Lipinski definition) is 3. The number of benzene rings is 1. The lowest BCUT2D eigenvalue weighted by atomic mass is 10.1. The summed E-state index contributed by atoms with van der Waals surface area (Å²) in [5, 5.41) is 15.9. The van der Waals surface area contributed by atoms with Crippen LogP contribution in [0.3, 0.4) is 0 Å². The minimum Gasteiger partial charge on any atom is -0.390 e. The zero-order valence-corrected chi connectivity index (χ0v) is 10.4. The van der Waals surface area contributed by atoms with Crippen molar-refractivity contribution < 1.29 is 18.3 Å². The molecule has 1 N–H and O–H groups in total. The second-order valence-electron chi connectivity index (χ2n) is 4.24. The quantitative estimate of drug-likeness (QED) is 0.912. The molecule has 0 unspecified atom stereocenters. The molecule has 2 rings (SSSR count). The highest BCUT2D eigenvalue weighted by molar-refractivity contribution is 5.44. The van der Waals surface area contributed by atoms with E-state index in [-0.39, 0.29) is 0 Å².